The average molecular weight is 442 g/mol. The highest BCUT2D eigenvalue weighted by Crippen LogP contribution is 2.40. The van der Waals surface area contributed by atoms with Crippen LogP contribution in [0.5, 0.6) is 11.5 Å². The molecule has 1 N–H and O–H groups in total. The first kappa shape index (κ1) is 21.4. The van der Waals surface area contributed by atoms with Crippen molar-refractivity contribution in [2.45, 2.75) is 26.3 Å². The van der Waals surface area contributed by atoms with Crippen molar-refractivity contribution in [3.63, 3.8) is 0 Å². The number of carbonyl (C=O) groups excluding carboxylic acids is 2. The Morgan fingerprint density at radius 1 is 1.32 bits per heavy atom. The first-order valence-electron chi connectivity index (χ1n) is 10.4. The van der Waals surface area contributed by atoms with Crippen LogP contribution in [0.2, 0.25) is 5.02 Å². The minimum atomic E-state index is -0.251. The number of aromatic hydroxyl groups is 1. The largest absolute Gasteiger partial charge is 0.507 e. The number of phenolic OH excluding ortho intramolecular Hbond substituents is 1. The summed E-state index contributed by atoms with van der Waals surface area (Å²) in [6.45, 7) is 3.86. The molecule has 0 spiro atoms. The highest BCUT2D eigenvalue weighted by atomic mass is 35.5. The maximum atomic E-state index is 12.9. The van der Waals surface area contributed by atoms with Crippen molar-refractivity contribution in [3.8, 4) is 11.5 Å². The molecular formula is C24H24ClNO5. The van der Waals surface area contributed by atoms with Crippen LogP contribution in [-0.2, 0) is 16.1 Å². The molecule has 1 fully saturated rings. The van der Waals surface area contributed by atoms with Crippen LogP contribution in [0.25, 0.3) is 6.08 Å². The van der Waals surface area contributed by atoms with Crippen molar-refractivity contribution in [3.05, 3.63) is 63.9 Å². The van der Waals surface area contributed by atoms with Crippen LogP contribution in [0.15, 0.2) is 42.2 Å². The summed E-state index contributed by atoms with van der Waals surface area (Å²) in [6, 6.07) is 10.3. The van der Waals surface area contributed by atoms with Crippen molar-refractivity contribution in [1.29, 1.82) is 0 Å². The van der Waals surface area contributed by atoms with Crippen molar-refractivity contribution >= 4 is 29.4 Å². The summed E-state index contributed by atoms with van der Waals surface area (Å²) >= 11 is 6.21. The highest BCUT2D eigenvalue weighted by molar-refractivity contribution is 6.32. The van der Waals surface area contributed by atoms with Crippen LogP contribution in [0.1, 0.15) is 41.3 Å². The molecule has 2 aliphatic heterocycles. The average Bonchev–Trinajstić information content (AvgIpc) is 3.08. The van der Waals surface area contributed by atoms with Gasteiger partial charge < -0.3 is 14.6 Å². The van der Waals surface area contributed by atoms with Gasteiger partial charge >= 0.3 is 5.97 Å². The SMILES string of the molecule is CCOC(=O)C1CCCN(Cc2c(O)ccc3c2O/C(=C\c2ccccc2Cl)C3=O)C1. The van der Waals surface area contributed by atoms with Gasteiger partial charge in [-0.15, -0.1) is 0 Å². The fourth-order valence-corrected chi connectivity index (χ4v) is 4.25. The molecule has 31 heavy (non-hydrogen) atoms. The molecular weight excluding hydrogens is 418 g/mol. The number of rotatable bonds is 5. The summed E-state index contributed by atoms with van der Waals surface area (Å²) in [5, 5.41) is 11.0. The Hall–Kier alpha value is -2.83. The molecule has 0 amide bonds. The normalized spacial score (nSPS) is 19.9. The molecule has 1 saturated heterocycles. The van der Waals surface area contributed by atoms with Gasteiger partial charge in [0.2, 0.25) is 5.78 Å². The molecule has 0 radical (unpaired) electrons. The third kappa shape index (κ3) is 4.45. The fraction of sp³-hybridized carbons (Fsp3) is 0.333. The van der Waals surface area contributed by atoms with Gasteiger partial charge in [0.1, 0.15) is 11.5 Å². The number of ketones is 1. The predicted octanol–water partition coefficient (Wildman–Crippen LogP) is 4.44. The third-order valence-corrected chi connectivity index (χ3v) is 5.96. The van der Waals surface area contributed by atoms with E-state index in [1.807, 2.05) is 12.1 Å². The number of carbonyl (C=O) groups is 2. The number of esters is 1. The zero-order valence-corrected chi connectivity index (χ0v) is 18.0. The monoisotopic (exact) mass is 441 g/mol. The lowest BCUT2D eigenvalue weighted by Gasteiger charge is -2.31. The molecule has 0 saturated carbocycles. The van der Waals surface area contributed by atoms with Crippen LogP contribution in [0.3, 0.4) is 0 Å². The van der Waals surface area contributed by atoms with E-state index in [2.05, 4.69) is 4.90 Å². The van der Waals surface area contributed by atoms with Crippen molar-refractivity contribution < 1.29 is 24.2 Å². The van der Waals surface area contributed by atoms with E-state index < -0.39 is 0 Å². The number of ether oxygens (including phenoxy) is 2. The van der Waals surface area contributed by atoms with E-state index in [1.165, 1.54) is 6.07 Å². The number of fused-ring (bicyclic) bond motifs is 1. The van der Waals surface area contributed by atoms with E-state index in [1.54, 1.807) is 31.2 Å². The summed E-state index contributed by atoms with van der Waals surface area (Å²) in [5.74, 6) is -0.0421. The van der Waals surface area contributed by atoms with E-state index in [4.69, 9.17) is 21.1 Å². The van der Waals surface area contributed by atoms with E-state index in [-0.39, 0.29) is 29.2 Å². The first-order valence-corrected chi connectivity index (χ1v) is 10.8. The Labute approximate surface area is 186 Å². The Morgan fingerprint density at radius 2 is 2.13 bits per heavy atom. The molecule has 2 aliphatic rings. The maximum Gasteiger partial charge on any atom is 0.310 e. The standard InChI is InChI=1S/C24H24ClNO5/c1-2-30-24(29)16-7-5-11-26(13-16)14-18-20(27)10-9-17-22(28)21(31-23(17)18)12-15-6-3-4-8-19(15)25/h3-4,6,8-10,12,16,27H,2,5,7,11,13-14H2,1H3/b21-12-. The molecule has 0 aromatic heterocycles. The van der Waals surface area contributed by atoms with Crippen LogP contribution >= 0.6 is 11.6 Å². The minimum absolute atomic E-state index is 0.0591. The molecule has 162 valence electrons. The molecule has 7 heteroatoms. The number of nitrogens with zero attached hydrogens (tertiary/aromatic N) is 1. The van der Waals surface area contributed by atoms with Gasteiger partial charge in [-0.1, -0.05) is 29.8 Å². The lowest BCUT2D eigenvalue weighted by Crippen LogP contribution is -2.39. The molecule has 0 bridgehead atoms. The Kier molecular flexibility index (Phi) is 6.30. The van der Waals surface area contributed by atoms with Gasteiger partial charge in [0.25, 0.3) is 0 Å². The van der Waals surface area contributed by atoms with E-state index >= 15 is 0 Å². The second-order valence-electron chi connectivity index (χ2n) is 7.73. The fourth-order valence-electron chi connectivity index (χ4n) is 4.06. The van der Waals surface area contributed by atoms with Crippen LogP contribution in [0.4, 0.5) is 0 Å². The number of Topliss-reactive ketones (excluding diaryl/α,β-unsaturated/α-hetero) is 1. The van der Waals surface area contributed by atoms with Crippen LogP contribution < -0.4 is 4.74 Å². The molecule has 2 heterocycles. The first-order chi connectivity index (χ1) is 15.0. The Morgan fingerprint density at radius 3 is 2.90 bits per heavy atom. The molecule has 0 aliphatic carbocycles. The summed E-state index contributed by atoms with van der Waals surface area (Å²) in [5.41, 5.74) is 1.63. The molecule has 6 nitrogen and oxygen atoms in total. The molecule has 1 unspecified atom stereocenters. The van der Waals surface area contributed by atoms with E-state index in [0.29, 0.717) is 47.2 Å². The highest BCUT2D eigenvalue weighted by Gasteiger charge is 2.33. The van der Waals surface area contributed by atoms with Gasteiger partial charge in [0.15, 0.2) is 5.76 Å². The summed E-state index contributed by atoms with van der Waals surface area (Å²) < 4.78 is 11.1. The predicted molar refractivity (Wildman–Crippen MR) is 117 cm³/mol. The minimum Gasteiger partial charge on any atom is -0.507 e. The molecule has 4 rings (SSSR count). The van der Waals surface area contributed by atoms with Gasteiger partial charge in [-0.05, 0) is 56.1 Å². The molecule has 2 aromatic carbocycles. The summed E-state index contributed by atoms with van der Waals surface area (Å²) in [4.78, 5) is 27.1. The van der Waals surface area contributed by atoms with Crippen molar-refractivity contribution in [2.24, 2.45) is 5.92 Å². The molecule has 1 atom stereocenters. The second-order valence-corrected chi connectivity index (χ2v) is 8.13. The number of likely N-dealkylation sites (tertiary alicyclic amines) is 1. The van der Waals surface area contributed by atoms with Crippen molar-refractivity contribution in [1.82, 2.24) is 4.90 Å². The second kappa shape index (κ2) is 9.12. The summed E-state index contributed by atoms with van der Waals surface area (Å²) in [7, 11) is 0. The zero-order valence-electron chi connectivity index (χ0n) is 17.3. The van der Waals surface area contributed by atoms with Crippen molar-refractivity contribution in [2.75, 3.05) is 19.7 Å². The number of hydrogen-bond donors (Lipinski definition) is 1. The van der Waals surface area contributed by atoms with Crippen LogP contribution in [0, 0.1) is 5.92 Å². The quantitative estimate of drug-likeness (QED) is 0.546. The number of phenols is 1. The van der Waals surface area contributed by atoms with Crippen LogP contribution in [-0.4, -0.2) is 41.5 Å². The maximum absolute atomic E-state index is 12.9. The number of benzene rings is 2. The smallest absolute Gasteiger partial charge is 0.310 e. The Balaban J connectivity index is 1.58. The van der Waals surface area contributed by atoms with E-state index in [0.717, 1.165) is 19.4 Å². The number of halogens is 1. The number of allylic oxidation sites excluding steroid dienone is 1. The zero-order chi connectivity index (χ0) is 22.0. The number of hydrogen-bond acceptors (Lipinski definition) is 6. The number of piperidine rings is 1. The van der Waals surface area contributed by atoms with E-state index in [9.17, 15) is 14.7 Å². The molecule has 2 aromatic rings. The summed E-state index contributed by atoms with van der Waals surface area (Å²) in [6.07, 6.45) is 3.26. The van der Waals surface area contributed by atoms with Gasteiger partial charge in [0.05, 0.1) is 23.7 Å². The van der Waals surface area contributed by atoms with Gasteiger partial charge in [-0.3, -0.25) is 14.5 Å². The van der Waals surface area contributed by atoms with Gasteiger partial charge in [-0.25, -0.2) is 0 Å². The van der Waals surface area contributed by atoms with Gasteiger partial charge in [0, 0.05) is 18.1 Å². The lowest BCUT2D eigenvalue weighted by atomic mass is 9.97. The van der Waals surface area contributed by atoms with Gasteiger partial charge in [-0.2, -0.15) is 0 Å². The third-order valence-electron chi connectivity index (χ3n) is 5.62. The topological polar surface area (TPSA) is 76.1 Å². The lowest BCUT2D eigenvalue weighted by molar-refractivity contribution is -0.150. The Bertz CT molecular complexity index is 1050.